The second-order valence-electron chi connectivity index (χ2n) is 17.4. The summed E-state index contributed by atoms with van der Waals surface area (Å²) >= 11 is 6.47. The molecule has 332 valence electrons. The summed E-state index contributed by atoms with van der Waals surface area (Å²) in [6.45, 7) is 12.7. The molecule has 5 aromatic rings. The second kappa shape index (κ2) is 17.6. The summed E-state index contributed by atoms with van der Waals surface area (Å²) in [6.07, 6.45) is 7.50. The third kappa shape index (κ3) is 8.88. The minimum atomic E-state index is -2.59. The minimum absolute atomic E-state index is 0.223. The van der Waals surface area contributed by atoms with Gasteiger partial charge < -0.3 is 34.6 Å². The van der Waals surface area contributed by atoms with Crippen LogP contribution < -0.4 is 41.5 Å². The van der Waals surface area contributed by atoms with Crippen LogP contribution in [0.4, 0.5) is 34.5 Å². The van der Waals surface area contributed by atoms with Crippen molar-refractivity contribution in [2.24, 2.45) is 13.0 Å². The molecule has 3 N–H and O–H groups in total. The first-order valence-electron chi connectivity index (χ1n) is 21.6. The average Bonchev–Trinajstić information content (AvgIpc) is 3.51. The molecule has 0 spiro atoms. The number of anilines is 6. The van der Waals surface area contributed by atoms with Crippen LogP contribution in [0.1, 0.15) is 31.7 Å². The fourth-order valence-electron chi connectivity index (χ4n) is 9.54. The number of imidazole rings is 1. The van der Waals surface area contributed by atoms with Crippen LogP contribution in [0.15, 0.2) is 65.8 Å². The molecule has 17 nitrogen and oxygen atoms in total. The zero-order valence-corrected chi connectivity index (χ0v) is 37.7. The van der Waals surface area contributed by atoms with Crippen LogP contribution in [0, 0.1) is 5.92 Å². The molecular weight excluding hydrogens is 843 g/mol. The van der Waals surface area contributed by atoms with Crippen LogP contribution in [0.3, 0.4) is 0 Å². The highest BCUT2D eigenvalue weighted by molar-refractivity contribution is 7.70. The fourth-order valence-corrected chi connectivity index (χ4v) is 10.8. The summed E-state index contributed by atoms with van der Waals surface area (Å²) in [5.41, 5.74) is 4.74. The first kappa shape index (κ1) is 42.8. The van der Waals surface area contributed by atoms with Gasteiger partial charge in [0.05, 0.1) is 41.9 Å². The molecule has 19 heteroatoms. The van der Waals surface area contributed by atoms with Crippen molar-refractivity contribution in [1.82, 2.24) is 39.2 Å². The van der Waals surface area contributed by atoms with E-state index in [2.05, 4.69) is 68.7 Å². The predicted octanol–water partition coefficient (Wildman–Crippen LogP) is 4.62. The number of fused-ring (bicyclic) bond motifs is 1. The van der Waals surface area contributed by atoms with E-state index in [1.54, 1.807) is 50.5 Å². The number of methoxy groups -OCH3 is 1. The summed E-state index contributed by atoms with van der Waals surface area (Å²) in [6, 6.07) is 13.8. The van der Waals surface area contributed by atoms with Gasteiger partial charge in [-0.1, -0.05) is 11.6 Å². The molecule has 4 aliphatic heterocycles. The van der Waals surface area contributed by atoms with Gasteiger partial charge in [-0.05, 0) is 69.0 Å². The number of imide groups is 1. The Morgan fingerprint density at radius 1 is 0.873 bits per heavy atom. The highest BCUT2D eigenvalue weighted by Crippen LogP contribution is 2.39. The Kier molecular flexibility index (Phi) is 12.0. The summed E-state index contributed by atoms with van der Waals surface area (Å²) in [4.78, 5) is 60.8. The van der Waals surface area contributed by atoms with Crippen molar-refractivity contribution in [2.75, 3.05) is 99.8 Å². The van der Waals surface area contributed by atoms with Crippen LogP contribution in [-0.4, -0.2) is 131 Å². The molecule has 7 heterocycles. The van der Waals surface area contributed by atoms with Gasteiger partial charge in [0.1, 0.15) is 24.0 Å². The van der Waals surface area contributed by atoms with E-state index in [0.717, 1.165) is 94.3 Å². The van der Waals surface area contributed by atoms with Crippen molar-refractivity contribution in [3.8, 4) is 5.75 Å². The topological polar surface area (TPSA) is 175 Å². The number of ether oxygens (including phenoxy) is 1. The summed E-state index contributed by atoms with van der Waals surface area (Å²) in [5, 5.41) is 9.83. The van der Waals surface area contributed by atoms with E-state index < -0.39 is 19.1 Å². The van der Waals surface area contributed by atoms with Crippen molar-refractivity contribution in [1.29, 1.82) is 0 Å². The van der Waals surface area contributed by atoms with Gasteiger partial charge in [0, 0.05) is 113 Å². The largest absolute Gasteiger partial charge is 0.494 e. The molecule has 3 aromatic heterocycles. The zero-order chi connectivity index (χ0) is 44.0. The van der Waals surface area contributed by atoms with Gasteiger partial charge >= 0.3 is 5.69 Å². The number of piperidine rings is 2. The monoisotopic (exact) mass is 896 g/mol. The number of piperazine rings is 1. The lowest BCUT2D eigenvalue weighted by atomic mass is 9.97. The van der Waals surface area contributed by atoms with Gasteiger partial charge in [-0.3, -0.25) is 33.9 Å². The van der Waals surface area contributed by atoms with E-state index in [9.17, 15) is 18.9 Å². The molecule has 4 saturated heterocycles. The fraction of sp³-hybridized carbons (Fsp3) is 0.455. The number of nitrogens with zero attached hydrogens (tertiary/aromatic N) is 9. The lowest BCUT2D eigenvalue weighted by Crippen LogP contribution is -2.57. The maximum Gasteiger partial charge on any atom is 0.329 e. The van der Waals surface area contributed by atoms with E-state index in [1.807, 2.05) is 18.2 Å². The van der Waals surface area contributed by atoms with Gasteiger partial charge in [-0.2, -0.15) is 4.98 Å². The number of hydrogen-bond acceptors (Lipinski definition) is 14. The number of rotatable bonds is 12. The smallest absolute Gasteiger partial charge is 0.329 e. The van der Waals surface area contributed by atoms with Gasteiger partial charge in [-0.15, -0.1) is 0 Å². The average molecular weight is 897 g/mol. The molecule has 0 bridgehead atoms. The van der Waals surface area contributed by atoms with E-state index in [-0.39, 0.29) is 18.0 Å². The third-order valence-corrected chi connectivity index (χ3v) is 14.8. The molecule has 1 unspecified atom stereocenters. The molecule has 2 aromatic carbocycles. The summed E-state index contributed by atoms with van der Waals surface area (Å²) in [7, 11) is 0.808. The van der Waals surface area contributed by atoms with Crippen molar-refractivity contribution in [2.45, 2.75) is 37.8 Å². The van der Waals surface area contributed by atoms with E-state index in [4.69, 9.17) is 16.3 Å². The zero-order valence-electron chi connectivity index (χ0n) is 36.1. The number of benzene rings is 2. The normalized spacial score (nSPS) is 19.6. The Bertz CT molecular complexity index is 2650. The lowest BCUT2D eigenvalue weighted by molar-refractivity contribution is -0.135. The maximum atomic E-state index is 13.2. The van der Waals surface area contributed by atoms with Crippen molar-refractivity contribution < 1.29 is 18.9 Å². The molecule has 63 heavy (non-hydrogen) atoms. The lowest BCUT2D eigenvalue weighted by Gasteiger charge is -2.46. The summed E-state index contributed by atoms with van der Waals surface area (Å²) < 4.78 is 21.9. The Balaban J connectivity index is 0.740. The maximum absolute atomic E-state index is 13.2. The molecule has 4 aliphatic rings. The van der Waals surface area contributed by atoms with Gasteiger partial charge in [0.15, 0.2) is 5.82 Å². The molecular formula is C44H54ClN12O5P. The molecule has 1 atom stereocenters. The van der Waals surface area contributed by atoms with E-state index in [0.29, 0.717) is 57.4 Å². The van der Waals surface area contributed by atoms with E-state index >= 15 is 0 Å². The molecule has 2 amide bonds. The van der Waals surface area contributed by atoms with Gasteiger partial charge in [-0.25, -0.2) is 9.78 Å². The number of aryl methyl sites for hydroxylation is 1. The Morgan fingerprint density at radius 2 is 1.62 bits per heavy atom. The molecule has 4 fully saturated rings. The predicted molar refractivity (Wildman–Crippen MR) is 247 cm³/mol. The van der Waals surface area contributed by atoms with Crippen LogP contribution in [0.25, 0.3) is 11.0 Å². The molecule has 0 radical (unpaired) electrons. The highest BCUT2D eigenvalue weighted by Gasteiger charge is 2.34. The molecule has 9 rings (SSSR count). The summed E-state index contributed by atoms with van der Waals surface area (Å²) in [5.74, 6) is 1.25. The Labute approximate surface area is 371 Å². The number of halogens is 1. The van der Waals surface area contributed by atoms with Crippen molar-refractivity contribution in [3.05, 3.63) is 76.6 Å². The number of hydrogen-bond donors (Lipinski definition) is 3. The van der Waals surface area contributed by atoms with Gasteiger partial charge in [0.2, 0.25) is 17.8 Å². The standard InChI is InChI=1S/C44H54ClN12O5P/c1-52-37-21-30(6-8-35(37)57(44(52)60)36-9-10-40(58)50-42(36)59)56-26-28(27-56)25-53-17-19-55(20-18-53)29-12-15-54(16-13-29)31-5-7-33(38(22-31)62-2)49-43-47-23-32(45)41(51-43)48-34-24-46-14-11-39(34)63(3,4)61/h5-8,11,14,21-24,28-29,36H,9-10,12-13,15-20,25-27H2,1-4H3,(H,50,58,59)(H2,47,48,49,51). The van der Waals surface area contributed by atoms with Crippen LogP contribution in [0.5, 0.6) is 5.75 Å². The molecule has 0 saturated carbocycles. The number of carbonyl (C=O) groups excluding carboxylic acids is 2. The quantitative estimate of drug-likeness (QED) is 0.117. The number of amides is 2. The number of aromatic nitrogens is 5. The molecule has 0 aliphatic carbocycles. The second-order valence-corrected chi connectivity index (χ2v) is 21.0. The third-order valence-electron chi connectivity index (χ3n) is 13.0. The Morgan fingerprint density at radius 3 is 2.35 bits per heavy atom. The first-order valence-corrected chi connectivity index (χ1v) is 24.6. The first-order chi connectivity index (χ1) is 30.3. The van der Waals surface area contributed by atoms with Gasteiger partial charge in [0.25, 0.3) is 0 Å². The van der Waals surface area contributed by atoms with Crippen molar-refractivity contribution >= 4 is 81.4 Å². The highest BCUT2D eigenvalue weighted by atomic mass is 35.5. The number of nitrogens with one attached hydrogen (secondary N) is 3. The van der Waals surface area contributed by atoms with Crippen LogP contribution in [0.2, 0.25) is 5.02 Å². The van der Waals surface area contributed by atoms with Crippen LogP contribution in [-0.2, 0) is 21.2 Å². The van der Waals surface area contributed by atoms with Crippen molar-refractivity contribution in [3.63, 3.8) is 0 Å². The Hall–Kier alpha value is -5.48. The van der Waals surface area contributed by atoms with E-state index in [1.165, 1.54) is 10.8 Å². The van der Waals surface area contributed by atoms with Crippen LogP contribution >= 0.6 is 18.7 Å². The minimum Gasteiger partial charge on any atom is -0.494 e. The number of carbonyl (C=O) groups is 2. The SMILES string of the molecule is COc1cc(N2CCC(N3CCN(CC4CN(c5ccc6c(c5)n(C)c(=O)n6C5CCC(=O)NC5=O)C4)CC3)CC2)ccc1Nc1ncc(Cl)c(Nc2cnccc2P(C)(C)=O)n1. The number of pyridine rings is 1.